The summed E-state index contributed by atoms with van der Waals surface area (Å²) in [5.74, 6) is 1.02. The van der Waals surface area contributed by atoms with Crippen molar-refractivity contribution in [2.45, 2.75) is 31.7 Å². The van der Waals surface area contributed by atoms with Crippen LogP contribution < -0.4 is 5.32 Å². The largest absolute Gasteiger partial charge is 0.317 e. The minimum absolute atomic E-state index is 0.751. The molecule has 1 atom stereocenters. The molecule has 0 bridgehead atoms. The van der Waals surface area contributed by atoms with Crippen molar-refractivity contribution in [2.75, 3.05) is 32.4 Å². The molecule has 1 rings (SSSR count). The van der Waals surface area contributed by atoms with E-state index in [1.54, 1.807) is 0 Å². The molecule has 0 spiro atoms. The summed E-state index contributed by atoms with van der Waals surface area (Å²) in [6, 6.07) is 0.751. The second kappa shape index (κ2) is 6.68. The van der Waals surface area contributed by atoms with Gasteiger partial charge in [-0.1, -0.05) is 0 Å². The smallest absolute Gasteiger partial charge is 0.00767 e. The average molecular weight is 202 g/mol. The third-order valence-electron chi connectivity index (χ3n) is 2.86. The van der Waals surface area contributed by atoms with Crippen LogP contribution in [-0.4, -0.2) is 43.4 Å². The van der Waals surface area contributed by atoms with Crippen molar-refractivity contribution in [2.24, 2.45) is 0 Å². The third-order valence-corrected chi connectivity index (χ3v) is 3.18. The number of likely N-dealkylation sites (tertiary alicyclic amines) is 1. The highest BCUT2D eigenvalue weighted by Gasteiger charge is 2.14. The number of nitrogens with one attached hydrogen (secondary N) is 1. The van der Waals surface area contributed by atoms with Crippen LogP contribution >= 0.6 is 12.6 Å². The number of hydrogen-bond donors (Lipinski definition) is 2. The minimum atomic E-state index is 0.751. The summed E-state index contributed by atoms with van der Waals surface area (Å²) in [5.41, 5.74) is 0. The van der Waals surface area contributed by atoms with Gasteiger partial charge in [0, 0.05) is 6.04 Å². The zero-order valence-electron chi connectivity index (χ0n) is 8.63. The Hall–Kier alpha value is 0.270. The first kappa shape index (κ1) is 11.3. The van der Waals surface area contributed by atoms with Crippen molar-refractivity contribution >= 4 is 12.6 Å². The Kier molecular flexibility index (Phi) is 5.83. The lowest BCUT2D eigenvalue weighted by Gasteiger charge is -2.19. The molecule has 0 amide bonds. The molecule has 0 aromatic carbocycles. The fourth-order valence-electron chi connectivity index (χ4n) is 1.96. The predicted octanol–water partition coefficient (Wildman–Crippen LogP) is 1.38. The Morgan fingerprint density at radius 3 is 2.92 bits per heavy atom. The van der Waals surface area contributed by atoms with Crippen LogP contribution in [0.3, 0.4) is 0 Å². The van der Waals surface area contributed by atoms with Gasteiger partial charge in [0.15, 0.2) is 0 Å². The van der Waals surface area contributed by atoms with Crippen molar-refractivity contribution in [1.82, 2.24) is 10.2 Å². The Balaban J connectivity index is 2.19. The maximum Gasteiger partial charge on any atom is 0.00767 e. The Labute approximate surface area is 87.5 Å². The van der Waals surface area contributed by atoms with Gasteiger partial charge >= 0.3 is 0 Å². The van der Waals surface area contributed by atoms with E-state index in [1.165, 1.54) is 45.3 Å². The first-order valence-corrected chi connectivity index (χ1v) is 6.00. The molecule has 0 saturated carbocycles. The van der Waals surface area contributed by atoms with E-state index in [9.17, 15) is 0 Å². The Morgan fingerprint density at radius 2 is 2.23 bits per heavy atom. The van der Waals surface area contributed by atoms with E-state index in [4.69, 9.17) is 0 Å². The summed E-state index contributed by atoms with van der Waals surface area (Å²) in [6.45, 7) is 3.78. The van der Waals surface area contributed by atoms with Gasteiger partial charge in [-0.25, -0.2) is 0 Å². The van der Waals surface area contributed by atoms with Gasteiger partial charge in [0.25, 0.3) is 0 Å². The standard InChI is InChI=1S/C10H22N2S/c1-11-10-4-2-6-12(8-5-10)7-3-9-13/h10-11,13H,2-9H2,1H3. The summed E-state index contributed by atoms with van der Waals surface area (Å²) in [6.07, 6.45) is 5.22. The molecule has 1 fully saturated rings. The monoisotopic (exact) mass is 202 g/mol. The van der Waals surface area contributed by atoms with Crippen LogP contribution in [0.5, 0.6) is 0 Å². The molecule has 2 nitrogen and oxygen atoms in total. The quantitative estimate of drug-likeness (QED) is 0.670. The number of rotatable bonds is 4. The fraction of sp³-hybridized carbons (Fsp3) is 1.00. The van der Waals surface area contributed by atoms with Crippen molar-refractivity contribution in [3.05, 3.63) is 0 Å². The van der Waals surface area contributed by atoms with E-state index < -0.39 is 0 Å². The summed E-state index contributed by atoms with van der Waals surface area (Å²) in [4.78, 5) is 2.58. The van der Waals surface area contributed by atoms with Gasteiger partial charge in [-0.15, -0.1) is 0 Å². The SMILES string of the molecule is CNC1CCCN(CCCS)CC1. The summed E-state index contributed by atoms with van der Waals surface area (Å²) in [7, 11) is 2.08. The molecule has 13 heavy (non-hydrogen) atoms. The molecule has 0 aromatic heterocycles. The van der Waals surface area contributed by atoms with Crippen LogP contribution in [0, 0.1) is 0 Å². The number of hydrogen-bond acceptors (Lipinski definition) is 3. The van der Waals surface area contributed by atoms with E-state index in [-0.39, 0.29) is 0 Å². The zero-order valence-corrected chi connectivity index (χ0v) is 9.52. The maximum atomic E-state index is 4.24. The second-order valence-electron chi connectivity index (χ2n) is 3.84. The molecular formula is C10H22N2S. The highest BCUT2D eigenvalue weighted by Crippen LogP contribution is 2.10. The van der Waals surface area contributed by atoms with E-state index >= 15 is 0 Å². The molecule has 1 aliphatic rings. The van der Waals surface area contributed by atoms with Crippen molar-refractivity contribution in [3.8, 4) is 0 Å². The van der Waals surface area contributed by atoms with Crippen LogP contribution in [0.4, 0.5) is 0 Å². The van der Waals surface area contributed by atoms with Gasteiger partial charge in [0.1, 0.15) is 0 Å². The van der Waals surface area contributed by atoms with E-state index in [2.05, 4.69) is 29.9 Å². The van der Waals surface area contributed by atoms with Crippen molar-refractivity contribution < 1.29 is 0 Å². The first-order chi connectivity index (χ1) is 6.36. The van der Waals surface area contributed by atoms with Gasteiger partial charge in [0.2, 0.25) is 0 Å². The van der Waals surface area contributed by atoms with Gasteiger partial charge in [0.05, 0.1) is 0 Å². The Bertz CT molecular complexity index is 130. The van der Waals surface area contributed by atoms with Crippen LogP contribution in [0.2, 0.25) is 0 Å². The molecule has 1 N–H and O–H groups in total. The number of nitrogens with zero attached hydrogens (tertiary/aromatic N) is 1. The third kappa shape index (κ3) is 4.34. The highest BCUT2D eigenvalue weighted by molar-refractivity contribution is 7.80. The summed E-state index contributed by atoms with van der Waals surface area (Å²) >= 11 is 4.24. The second-order valence-corrected chi connectivity index (χ2v) is 4.28. The molecule has 1 heterocycles. The topological polar surface area (TPSA) is 15.3 Å². The molecule has 3 heteroatoms. The normalized spacial score (nSPS) is 25.8. The van der Waals surface area contributed by atoms with E-state index in [1.807, 2.05) is 0 Å². The lowest BCUT2D eigenvalue weighted by atomic mass is 10.1. The lowest BCUT2D eigenvalue weighted by Crippen LogP contribution is -2.29. The highest BCUT2D eigenvalue weighted by atomic mass is 32.1. The predicted molar refractivity (Wildman–Crippen MR) is 61.6 cm³/mol. The van der Waals surface area contributed by atoms with E-state index in [0.29, 0.717) is 0 Å². The van der Waals surface area contributed by atoms with Crippen molar-refractivity contribution in [3.63, 3.8) is 0 Å². The molecule has 1 unspecified atom stereocenters. The Morgan fingerprint density at radius 1 is 1.38 bits per heavy atom. The van der Waals surface area contributed by atoms with Gasteiger partial charge < -0.3 is 10.2 Å². The molecular weight excluding hydrogens is 180 g/mol. The van der Waals surface area contributed by atoms with Crippen LogP contribution in [0.1, 0.15) is 25.7 Å². The lowest BCUT2D eigenvalue weighted by molar-refractivity contribution is 0.284. The summed E-state index contributed by atoms with van der Waals surface area (Å²) in [5, 5.41) is 3.38. The maximum absolute atomic E-state index is 4.24. The molecule has 0 aromatic rings. The molecule has 0 aliphatic carbocycles. The number of thiol groups is 1. The van der Waals surface area contributed by atoms with Gasteiger partial charge in [-0.05, 0) is 58.1 Å². The minimum Gasteiger partial charge on any atom is -0.317 e. The summed E-state index contributed by atoms with van der Waals surface area (Å²) < 4.78 is 0. The first-order valence-electron chi connectivity index (χ1n) is 5.37. The molecule has 78 valence electrons. The van der Waals surface area contributed by atoms with E-state index in [0.717, 1.165) is 11.8 Å². The zero-order chi connectivity index (χ0) is 9.52. The van der Waals surface area contributed by atoms with Crippen LogP contribution in [0.15, 0.2) is 0 Å². The fourth-order valence-corrected chi connectivity index (χ4v) is 2.10. The van der Waals surface area contributed by atoms with Gasteiger partial charge in [-0.3, -0.25) is 0 Å². The molecule has 1 aliphatic heterocycles. The molecule has 0 radical (unpaired) electrons. The average Bonchev–Trinajstić information content (AvgIpc) is 2.39. The van der Waals surface area contributed by atoms with Crippen LogP contribution in [-0.2, 0) is 0 Å². The van der Waals surface area contributed by atoms with Crippen molar-refractivity contribution in [1.29, 1.82) is 0 Å². The molecule has 1 saturated heterocycles. The van der Waals surface area contributed by atoms with Crippen LogP contribution in [0.25, 0.3) is 0 Å². The van der Waals surface area contributed by atoms with Gasteiger partial charge in [-0.2, -0.15) is 12.6 Å².